The van der Waals surface area contributed by atoms with Gasteiger partial charge in [-0.05, 0) is 37.8 Å². The van der Waals surface area contributed by atoms with E-state index in [-0.39, 0.29) is 22.5 Å². The molecule has 0 amide bonds. The molecule has 2 fully saturated rings. The second-order valence-corrected chi connectivity index (χ2v) is 6.15. The van der Waals surface area contributed by atoms with Gasteiger partial charge in [-0.15, -0.1) is 0 Å². The lowest BCUT2D eigenvalue weighted by Gasteiger charge is -2.50. The normalized spacial score (nSPS) is 32.9. The Morgan fingerprint density at radius 2 is 2.05 bits per heavy atom. The van der Waals surface area contributed by atoms with Gasteiger partial charge in [-0.1, -0.05) is 12.5 Å². The van der Waals surface area contributed by atoms with Gasteiger partial charge in [-0.2, -0.15) is 0 Å². The summed E-state index contributed by atoms with van der Waals surface area (Å²) < 4.78 is 2.05. The molecule has 1 aromatic rings. The molecule has 3 nitrogen and oxygen atoms in total. The zero-order chi connectivity index (χ0) is 12.1. The van der Waals surface area contributed by atoms with Crippen LogP contribution in [0, 0.1) is 5.92 Å². The second kappa shape index (κ2) is 5.06. The van der Waals surface area contributed by atoms with E-state index in [0.29, 0.717) is 11.8 Å². The van der Waals surface area contributed by atoms with E-state index < -0.39 is 0 Å². The molecule has 0 spiro atoms. The minimum Gasteiger partial charge on any atom is -1.00 e. The Morgan fingerprint density at radius 1 is 1.16 bits per heavy atom. The van der Waals surface area contributed by atoms with Gasteiger partial charge in [0.25, 0.3) is 5.56 Å². The molecular weight excluding hydrogens is 304 g/mol. The van der Waals surface area contributed by atoms with Gasteiger partial charge >= 0.3 is 0 Å². The average Bonchev–Trinajstić information content (AvgIpc) is 2.40. The topological polar surface area (TPSA) is 25.2 Å². The molecule has 0 N–H and O–H groups in total. The molecule has 4 rings (SSSR count). The molecule has 19 heavy (non-hydrogen) atoms. The first-order valence-corrected chi connectivity index (χ1v) is 7.27. The molecule has 104 valence electrons. The number of hydrogen-bond donors (Lipinski definition) is 0. The molecule has 2 saturated heterocycles. The minimum atomic E-state index is 0. The van der Waals surface area contributed by atoms with Gasteiger partial charge in [0.2, 0.25) is 0 Å². The Hall–Kier alpha value is -0.610. The zero-order valence-electron chi connectivity index (χ0n) is 11.1. The molecule has 0 aromatic carbocycles. The summed E-state index contributed by atoms with van der Waals surface area (Å²) in [7, 11) is 0. The van der Waals surface area contributed by atoms with E-state index in [1.54, 1.807) is 6.07 Å². The lowest BCUT2D eigenvalue weighted by molar-refractivity contribution is -0.00000373. The number of halogens is 1. The van der Waals surface area contributed by atoms with E-state index >= 15 is 0 Å². The third kappa shape index (κ3) is 2.09. The summed E-state index contributed by atoms with van der Waals surface area (Å²) >= 11 is 0. The number of aromatic nitrogens is 1. The van der Waals surface area contributed by atoms with Crippen LogP contribution in [0.3, 0.4) is 0 Å². The largest absolute Gasteiger partial charge is 1.00 e. The van der Waals surface area contributed by atoms with Crippen molar-refractivity contribution in [2.75, 3.05) is 13.1 Å². The summed E-state index contributed by atoms with van der Waals surface area (Å²) in [6, 6.07) is 6.54. The molecule has 1 aromatic heterocycles. The summed E-state index contributed by atoms with van der Waals surface area (Å²) in [5.41, 5.74) is 1.48. The molecule has 0 saturated carbocycles. The van der Waals surface area contributed by atoms with Gasteiger partial charge in [0.05, 0.1) is 0 Å². The minimum absolute atomic E-state index is 0. The van der Waals surface area contributed by atoms with Crippen LogP contribution in [0.2, 0.25) is 0 Å². The summed E-state index contributed by atoms with van der Waals surface area (Å²) in [5.74, 6) is 1.30. The fourth-order valence-electron chi connectivity index (χ4n) is 4.39. The van der Waals surface area contributed by atoms with Crippen LogP contribution < -0.4 is 22.5 Å². The third-order valence-corrected chi connectivity index (χ3v) is 5.17. The number of piperidine rings is 2. The highest BCUT2D eigenvalue weighted by Crippen LogP contribution is 2.41. The van der Waals surface area contributed by atoms with E-state index in [4.69, 9.17) is 0 Å². The van der Waals surface area contributed by atoms with Crippen LogP contribution in [0.5, 0.6) is 0 Å². The molecule has 0 radical (unpaired) electrons. The van der Waals surface area contributed by atoms with Crippen molar-refractivity contribution < 1.29 is 17.0 Å². The van der Waals surface area contributed by atoms with E-state index in [1.165, 1.54) is 44.5 Å². The molecule has 0 unspecified atom stereocenters. The fourth-order valence-corrected chi connectivity index (χ4v) is 4.39. The van der Waals surface area contributed by atoms with E-state index in [2.05, 4.69) is 11.0 Å². The summed E-state index contributed by atoms with van der Waals surface area (Å²) in [4.78, 5) is 14.7. The Labute approximate surface area is 124 Å². The lowest BCUT2D eigenvalue weighted by atomic mass is 9.75. The lowest BCUT2D eigenvalue weighted by Crippen LogP contribution is -3.00. The van der Waals surface area contributed by atoms with Crippen LogP contribution in [0.4, 0.5) is 0 Å². The van der Waals surface area contributed by atoms with Crippen molar-refractivity contribution in [2.24, 2.45) is 5.92 Å². The molecule has 3 aliphatic heterocycles. The molecule has 3 atom stereocenters. The van der Waals surface area contributed by atoms with Crippen LogP contribution in [0.25, 0.3) is 0 Å². The van der Waals surface area contributed by atoms with Crippen LogP contribution in [0.15, 0.2) is 23.0 Å². The van der Waals surface area contributed by atoms with Gasteiger partial charge in [-0.3, -0.25) is 9.69 Å². The number of pyridine rings is 1. The van der Waals surface area contributed by atoms with Crippen LogP contribution >= 0.6 is 0 Å². The smallest absolute Gasteiger partial charge is 0.250 e. The first kappa shape index (κ1) is 13.4. The summed E-state index contributed by atoms with van der Waals surface area (Å²) in [6.07, 6.45) is 5.37. The van der Waals surface area contributed by atoms with Gasteiger partial charge in [0.1, 0.15) is 0 Å². The first-order valence-electron chi connectivity index (χ1n) is 7.27. The van der Waals surface area contributed by atoms with Crippen molar-refractivity contribution >= 4 is 0 Å². The second-order valence-electron chi connectivity index (χ2n) is 6.15. The molecule has 0 aliphatic carbocycles. The van der Waals surface area contributed by atoms with E-state index in [0.717, 1.165) is 12.6 Å². The van der Waals surface area contributed by atoms with Gasteiger partial charge in [0, 0.05) is 36.8 Å². The van der Waals surface area contributed by atoms with Crippen molar-refractivity contribution in [1.82, 2.24) is 9.47 Å². The van der Waals surface area contributed by atoms with Crippen molar-refractivity contribution in [3.8, 4) is 0 Å². The molecule has 4 heteroatoms. The maximum Gasteiger partial charge on any atom is 0.250 e. The van der Waals surface area contributed by atoms with Crippen molar-refractivity contribution in [3.05, 3.63) is 34.2 Å². The summed E-state index contributed by atoms with van der Waals surface area (Å²) in [6.45, 7) is 3.39. The maximum atomic E-state index is 12.0. The number of nitrogens with zero attached hydrogens (tertiary/aromatic N) is 2. The van der Waals surface area contributed by atoms with Crippen molar-refractivity contribution in [2.45, 2.75) is 44.2 Å². The number of rotatable bonds is 0. The third-order valence-electron chi connectivity index (χ3n) is 5.17. The highest BCUT2D eigenvalue weighted by Gasteiger charge is 2.41. The standard InChI is InChI=1S/C15H20N2O.BrH/c18-15-6-3-5-14-11-8-12(10-17(14)15)13-4-1-2-7-16(13)9-11;/h3,5-6,11-13H,1-2,4,7-10H2;1H/p-1/t11-,12-,13-;/m1./s1. The highest BCUT2D eigenvalue weighted by atomic mass is 79.9. The predicted molar refractivity (Wildman–Crippen MR) is 70.8 cm³/mol. The average molecular weight is 324 g/mol. The number of fused-ring (bicyclic) bond motifs is 6. The SMILES string of the molecule is O=c1cccc2n1C[C@H]1C[C@@H]2CN2CCCC[C@H]12.[Br-]. The fraction of sp³-hybridized carbons (Fsp3) is 0.667. The monoisotopic (exact) mass is 323 g/mol. The van der Waals surface area contributed by atoms with Crippen LogP contribution in [-0.4, -0.2) is 28.6 Å². The molecule has 4 heterocycles. The Kier molecular flexibility index (Phi) is 3.56. The van der Waals surface area contributed by atoms with Crippen molar-refractivity contribution in [1.29, 1.82) is 0 Å². The quantitative estimate of drug-likeness (QED) is 0.601. The van der Waals surface area contributed by atoms with E-state index in [9.17, 15) is 4.79 Å². The van der Waals surface area contributed by atoms with Gasteiger partial charge in [0.15, 0.2) is 0 Å². The molecule has 3 aliphatic rings. The Bertz CT molecular complexity index is 527. The van der Waals surface area contributed by atoms with Crippen LogP contribution in [0.1, 0.15) is 37.3 Å². The molecular formula is C15H20BrN2O-. The highest BCUT2D eigenvalue weighted by molar-refractivity contribution is 5.18. The van der Waals surface area contributed by atoms with Gasteiger partial charge < -0.3 is 21.5 Å². The van der Waals surface area contributed by atoms with E-state index in [1.807, 2.05) is 10.6 Å². The maximum absolute atomic E-state index is 12.0. The summed E-state index contributed by atoms with van der Waals surface area (Å²) in [5, 5.41) is 0. The first-order chi connectivity index (χ1) is 8.83. The zero-order valence-corrected chi connectivity index (χ0v) is 12.7. The van der Waals surface area contributed by atoms with Crippen LogP contribution in [-0.2, 0) is 6.54 Å². The van der Waals surface area contributed by atoms with Crippen molar-refractivity contribution in [3.63, 3.8) is 0 Å². The predicted octanol–water partition coefficient (Wildman–Crippen LogP) is -1.18. The number of hydrogen-bond acceptors (Lipinski definition) is 2. The Morgan fingerprint density at radius 3 is 2.95 bits per heavy atom. The Balaban J connectivity index is 0.00000110. The van der Waals surface area contributed by atoms with Gasteiger partial charge in [-0.25, -0.2) is 0 Å². The molecule has 2 bridgehead atoms.